The topological polar surface area (TPSA) is 84.2 Å². The van der Waals surface area contributed by atoms with E-state index in [1.165, 1.54) is 6.33 Å². The number of fused-ring (bicyclic) bond motifs is 1. The van der Waals surface area contributed by atoms with Gasteiger partial charge in [-0.15, -0.1) is 0 Å². The summed E-state index contributed by atoms with van der Waals surface area (Å²) in [5, 5.41) is 10.3. The van der Waals surface area contributed by atoms with Crippen molar-refractivity contribution in [3.63, 3.8) is 0 Å². The summed E-state index contributed by atoms with van der Waals surface area (Å²) in [7, 11) is 0. The predicted octanol–water partition coefficient (Wildman–Crippen LogP) is 1.88. The Hall–Kier alpha value is -2.23. The van der Waals surface area contributed by atoms with Gasteiger partial charge in [-0.25, -0.2) is 4.98 Å². The van der Waals surface area contributed by atoms with Crippen LogP contribution in [0.15, 0.2) is 36.7 Å². The summed E-state index contributed by atoms with van der Waals surface area (Å²) >= 11 is 2.16. The van der Waals surface area contributed by atoms with Gasteiger partial charge in [-0.05, 0) is 41.6 Å². The Labute approximate surface area is 146 Å². The van der Waals surface area contributed by atoms with Crippen LogP contribution in [0.25, 0.3) is 5.78 Å². The molecule has 0 aliphatic carbocycles. The van der Waals surface area contributed by atoms with Gasteiger partial charge in [-0.3, -0.25) is 4.79 Å². The highest BCUT2D eigenvalue weighted by Crippen LogP contribution is 2.11. The van der Waals surface area contributed by atoms with E-state index in [-0.39, 0.29) is 5.91 Å². The molecule has 2 N–H and O–H groups in total. The van der Waals surface area contributed by atoms with E-state index in [1.54, 1.807) is 4.52 Å². The van der Waals surface area contributed by atoms with Gasteiger partial charge in [0.1, 0.15) is 12.1 Å². The van der Waals surface area contributed by atoms with Crippen LogP contribution < -0.4 is 10.6 Å². The highest BCUT2D eigenvalue weighted by molar-refractivity contribution is 14.1. The second kappa shape index (κ2) is 6.90. The summed E-state index contributed by atoms with van der Waals surface area (Å²) in [6.45, 7) is 2.98. The summed E-state index contributed by atoms with van der Waals surface area (Å²) in [4.78, 5) is 20.5. The number of carbonyl (C=O) groups excluding carboxylic acids is 1. The number of benzene rings is 1. The second-order valence-corrected chi connectivity index (χ2v) is 6.08. The minimum atomic E-state index is -0.0754. The molecule has 0 aliphatic heterocycles. The monoisotopic (exact) mass is 422 g/mol. The Morgan fingerprint density at radius 1 is 1.30 bits per heavy atom. The average Bonchev–Trinajstić information content (AvgIpc) is 2.99. The van der Waals surface area contributed by atoms with Gasteiger partial charge in [0.25, 0.3) is 11.7 Å². The maximum Gasteiger partial charge on any atom is 0.254 e. The van der Waals surface area contributed by atoms with Gasteiger partial charge in [0, 0.05) is 28.4 Å². The van der Waals surface area contributed by atoms with Crippen molar-refractivity contribution in [3.05, 3.63) is 51.5 Å². The Morgan fingerprint density at radius 2 is 2.13 bits per heavy atom. The zero-order valence-electron chi connectivity index (χ0n) is 12.5. The molecule has 1 aromatic carbocycles. The molecule has 0 saturated carbocycles. The molecule has 7 nitrogen and oxygen atoms in total. The number of carbonyl (C=O) groups is 1. The van der Waals surface area contributed by atoms with Crippen molar-refractivity contribution in [1.29, 1.82) is 0 Å². The minimum absolute atomic E-state index is 0.0754. The zero-order chi connectivity index (χ0) is 16.2. The molecule has 3 aromatic rings. The zero-order valence-corrected chi connectivity index (χ0v) is 14.6. The Bertz CT molecular complexity index is 847. The number of hydrogen-bond donors (Lipinski definition) is 2. The normalized spacial score (nSPS) is 10.7. The molecule has 0 fully saturated rings. The van der Waals surface area contributed by atoms with Crippen LogP contribution in [0, 0.1) is 10.5 Å². The van der Waals surface area contributed by atoms with Crippen molar-refractivity contribution in [2.24, 2.45) is 0 Å². The molecule has 0 spiro atoms. The average molecular weight is 422 g/mol. The van der Waals surface area contributed by atoms with Crippen LogP contribution in [0.3, 0.4) is 0 Å². The van der Waals surface area contributed by atoms with E-state index >= 15 is 0 Å². The van der Waals surface area contributed by atoms with E-state index in [0.29, 0.717) is 24.4 Å². The number of aromatic nitrogens is 4. The first-order valence-corrected chi connectivity index (χ1v) is 8.17. The number of aryl methyl sites for hydroxylation is 1. The molecule has 0 atom stereocenters. The smallest absolute Gasteiger partial charge is 0.254 e. The van der Waals surface area contributed by atoms with Gasteiger partial charge < -0.3 is 10.6 Å². The maximum absolute atomic E-state index is 12.1. The maximum atomic E-state index is 12.1. The van der Waals surface area contributed by atoms with Gasteiger partial charge in [0.05, 0.1) is 5.56 Å². The molecular formula is C15H15IN6O. The van der Waals surface area contributed by atoms with E-state index in [0.717, 1.165) is 15.1 Å². The third-order valence-electron chi connectivity index (χ3n) is 3.22. The van der Waals surface area contributed by atoms with Gasteiger partial charge >= 0.3 is 0 Å². The van der Waals surface area contributed by atoms with Crippen LogP contribution in [0.5, 0.6) is 0 Å². The summed E-state index contributed by atoms with van der Waals surface area (Å²) in [6.07, 6.45) is 1.46. The van der Waals surface area contributed by atoms with Crippen LogP contribution in [0.2, 0.25) is 0 Å². The first-order valence-electron chi connectivity index (χ1n) is 7.09. The third-order valence-corrected chi connectivity index (χ3v) is 4.16. The molecular weight excluding hydrogens is 407 g/mol. The second-order valence-electron chi connectivity index (χ2n) is 4.92. The number of rotatable bonds is 5. The van der Waals surface area contributed by atoms with Crippen molar-refractivity contribution in [2.45, 2.75) is 6.92 Å². The van der Waals surface area contributed by atoms with E-state index < -0.39 is 0 Å². The van der Waals surface area contributed by atoms with Gasteiger partial charge in [0.15, 0.2) is 0 Å². The standard InChI is InChI=1S/C15H15IN6O/c1-10-8-13(22-15(21-10)19-9-20-22)17-6-7-18-14(23)11-4-2-3-5-12(11)16/h2-5,8-9,17H,6-7H2,1H3,(H,18,23). The van der Waals surface area contributed by atoms with Crippen molar-refractivity contribution < 1.29 is 4.79 Å². The van der Waals surface area contributed by atoms with Crippen LogP contribution in [0.1, 0.15) is 16.1 Å². The number of nitrogens with zero attached hydrogens (tertiary/aromatic N) is 4. The fourth-order valence-electron chi connectivity index (χ4n) is 2.16. The Balaban J connectivity index is 1.58. The molecule has 2 aromatic heterocycles. The quantitative estimate of drug-likeness (QED) is 0.485. The van der Waals surface area contributed by atoms with Crippen molar-refractivity contribution in [3.8, 4) is 0 Å². The predicted molar refractivity (Wildman–Crippen MR) is 95.5 cm³/mol. The largest absolute Gasteiger partial charge is 0.368 e. The fourth-order valence-corrected chi connectivity index (χ4v) is 2.80. The lowest BCUT2D eigenvalue weighted by molar-refractivity contribution is 0.0954. The molecule has 0 unspecified atom stereocenters. The highest BCUT2D eigenvalue weighted by Gasteiger charge is 2.08. The van der Waals surface area contributed by atoms with Gasteiger partial charge in [-0.1, -0.05) is 12.1 Å². The molecule has 23 heavy (non-hydrogen) atoms. The van der Waals surface area contributed by atoms with Crippen molar-refractivity contribution in [1.82, 2.24) is 24.9 Å². The van der Waals surface area contributed by atoms with Gasteiger partial charge in [0.2, 0.25) is 0 Å². The van der Waals surface area contributed by atoms with E-state index in [4.69, 9.17) is 0 Å². The molecule has 118 valence electrons. The summed E-state index contributed by atoms with van der Waals surface area (Å²) in [5.74, 6) is 1.28. The molecule has 3 rings (SSSR count). The number of anilines is 1. The van der Waals surface area contributed by atoms with Gasteiger partial charge in [-0.2, -0.15) is 14.6 Å². The first-order chi connectivity index (χ1) is 11.1. The molecule has 0 bridgehead atoms. The molecule has 0 aliphatic rings. The van der Waals surface area contributed by atoms with Crippen LogP contribution in [-0.2, 0) is 0 Å². The Kier molecular flexibility index (Phi) is 4.70. The number of hydrogen-bond acceptors (Lipinski definition) is 5. The molecule has 2 heterocycles. The lowest BCUT2D eigenvalue weighted by atomic mass is 10.2. The van der Waals surface area contributed by atoms with Crippen LogP contribution >= 0.6 is 22.6 Å². The Morgan fingerprint density at radius 3 is 2.96 bits per heavy atom. The SMILES string of the molecule is Cc1cc(NCCNC(=O)c2ccccc2I)n2ncnc2n1. The number of halogens is 1. The van der Waals surface area contributed by atoms with Crippen LogP contribution in [-0.4, -0.2) is 38.6 Å². The van der Waals surface area contributed by atoms with E-state index in [9.17, 15) is 4.79 Å². The number of amides is 1. The fraction of sp³-hybridized carbons (Fsp3) is 0.200. The number of nitrogens with one attached hydrogen (secondary N) is 2. The molecule has 8 heteroatoms. The highest BCUT2D eigenvalue weighted by atomic mass is 127. The van der Waals surface area contributed by atoms with Crippen molar-refractivity contribution >= 4 is 40.1 Å². The molecule has 0 saturated heterocycles. The van der Waals surface area contributed by atoms with E-state index in [2.05, 4.69) is 48.3 Å². The first kappa shape index (κ1) is 15.7. The minimum Gasteiger partial charge on any atom is -0.368 e. The summed E-state index contributed by atoms with van der Waals surface area (Å²) in [5.41, 5.74) is 1.54. The van der Waals surface area contributed by atoms with Crippen LogP contribution in [0.4, 0.5) is 5.82 Å². The summed E-state index contributed by atoms with van der Waals surface area (Å²) < 4.78 is 2.57. The lowest BCUT2D eigenvalue weighted by Gasteiger charge is -2.10. The molecule has 1 amide bonds. The third kappa shape index (κ3) is 3.58. The molecule has 0 radical (unpaired) electrons. The summed E-state index contributed by atoms with van der Waals surface area (Å²) in [6, 6.07) is 9.39. The van der Waals surface area contributed by atoms with Crippen molar-refractivity contribution in [2.75, 3.05) is 18.4 Å². The van der Waals surface area contributed by atoms with E-state index in [1.807, 2.05) is 37.3 Å². The lowest BCUT2D eigenvalue weighted by Crippen LogP contribution is -2.29.